The maximum atomic E-state index is 11.7. The summed E-state index contributed by atoms with van der Waals surface area (Å²) in [4.78, 5) is 31.5. The molecule has 0 spiro atoms. The van der Waals surface area contributed by atoms with E-state index < -0.39 is 33.3 Å². The minimum atomic E-state index is -0.910. The molecule has 1 rings (SSSR count). The maximum absolute atomic E-state index is 11.7. The lowest BCUT2D eigenvalue weighted by Gasteiger charge is -2.07. The number of nitro groups is 2. The molecule has 0 aliphatic carbocycles. The quantitative estimate of drug-likeness (QED) is 0.360. The molecule has 0 radical (unpaired) electrons. The number of non-ortho nitro benzene ring substituents is 2. The fraction of sp³-hybridized carbons (Fsp3) is 0.250. The molecular weight excluding hydrogens is 268 g/mol. The van der Waals surface area contributed by atoms with Crippen molar-refractivity contribution >= 4 is 17.3 Å². The van der Waals surface area contributed by atoms with Crippen LogP contribution >= 0.6 is 0 Å². The number of rotatable bonds is 4. The lowest BCUT2D eigenvalue weighted by Crippen LogP contribution is -2.13. The number of nitro benzene ring substituents is 2. The lowest BCUT2D eigenvalue weighted by atomic mass is 10.1. The van der Waals surface area contributed by atoms with Gasteiger partial charge in [0.15, 0.2) is 6.10 Å². The normalized spacial score (nSPS) is 10.9. The number of carbonyl (C=O) groups excluding carboxylic acids is 1. The zero-order valence-electron chi connectivity index (χ0n) is 10.7. The molecule has 20 heavy (non-hydrogen) atoms. The van der Waals surface area contributed by atoms with Crippen molar-refractivity contribution < 1.29 is 19.4 Å². The molecule has 1 atom stereocenters. The van der Waals surface area contributed by atoms with Gasteiger partial charge in [-0.2, -0.15) is 0 Å². The first-order valence-electron chi connectivity index (χ1n) is 5.42. The van der Waals surface area contributed by atoms with E-state index in [9.17, 15) is 25.0 Å². The van der Waals surface area contributed by atoms with E-state index in [0.29, 0.717) is 0 Å². The maximum Gasteiger partial charge on any atom is 0.339 e. The first-order chi connectivity index (χ1) is 9.35. The standard InChI is InChI=1S/C12H10N2O6/c1-3-4-8(2)20-12(15)9-5-10(13(16)17)7-11(6-9)14(18)19/h5-8H,1-2H3. The first-order valence-corrected chi connectivity index (χ1v) is 5.42. The number of nitrogens with zero attached hydrogens (tertiary/aromatic N) is 2. The van der Waals surface area contributed by atoms with Gasteiger partial charge in [0, 0.05) is 12.1 Å². The van der Waals surface area contributed by atoms with Crippen molar-refractivity contribution in [3.05, 3.63) is 44.0 Å². The van der Waals surface area contributed by atoms with E-state index in [0.717, 1.165) is 18.2 Å². The molecule has 0 aliphatic rings. The number of carbonyl (C=O) groups is 1. The van der Waals surface area contributed by atoms with Crippen LogP contribution in [0.1, 0.15) is 24.2 Å². The smallest absolute Gasteiger partial charge is 0.339 e. The topological polar surface area (TPSA) is 113 Å². The lowest BCUT2D eigenvalue weighted by molar-refractivity contribution is -0.394. The molecule has 0 amide bonds. The summed E-state index contributed by atoms with van der Waals surface area (Å²) in [7, 11) is 0. The largest absolute Gasteiger partial charge is 0.446 e. The average Bonchev–Trinajstić information content (AvgIpc) is 2.38. The molecule has 8 heteroatoms. The van der Waals surface area contributed by atoms with Gasteiger partial charge in [0.05, 0.1) is 21.5 Å². The molecule has 0 aromatic heterocycles. The van der Waals surface area contributed by atoms with Crippen molar-refractivity contribution in [2.24, 2.45) is 0 Å². The highest BCUT2D eigenvalue weighted by molar-refractivity contribution is 5.91. The van der Waals surface area contributed by atoms with Crippen molar-refractivity contribution in [3.63, 3.8) is 0 Å². The monoisotopic (exact) mass is 278 g/mol. The van der Waals surface area contributed by atoms with E-state index in [4.69, 9.17) is 4.74 Å². The zero-order valence-corrected chi connectivity index (χ0v) is 10.7. The van der Waals surface area contributed by atoms with Crippen molar-refractivity contribution in [2.45, 2.75) is 20.0 Å². The van der Waals surface area contributed by atoms with Crippen LogP contribution in [-0.2, 0) is 4.74 Å². The van der Waals surface area contributed by atoms with Gasteiger partial charge in [-0.1, -0.05) is 5.92 Å². The van der Waals surface area contributed by atoms with Gasteiger partial charge in [-0.25, -0.2) is 4.79 Å². The van der Waals surface area contributed by atoms with Crippen LogP contribution in [0.15, 0.2) is 18.2 Å². The second kappa shape index (κ2) is 6.29. The van der Waals surface area contributed by atoms with E-state index >= 15 is 0 Å². The zero-order chi connectivity index (χ0) is 15.3. The summed E-state index contributed by atoms with van der Waals surface area (Å²) < 4.78 is 4.89. The van der Waals surface area contributed by atoms with E-state index in [1.165, 1.54) is 6.92 Å². The first kappa shape index (κ1) is 15.1. The third kappa shape index (κ3) is 3.78. The van der Waals surface area contributed by atoms with Gasteiger partial charge in [-0.3, -0.25) is 20.2 Å². The Morgan fingerprint density at radius 2 is 1.70 bits per heavy atom. The van der Waals surface area contributed by atoms with Crippen molar-refractivity contribution in [1.82, 2.24) is 0 Å². The Balaban J connectivity index is 3.15. The molecular formula is C12H10N2O6. The van der Waals surface area contributed by atoms with Crippen molar-refractivity contribution in [2.75, 3.05) is 0 Å². The van der Waals surface area contributed by atoms with E-state index in [2.05, 4.69) is 11.8 Å². The summed E-state index contributed by atoms with van der Waals surface area (Å²) in [6.45, 7) is 3.07. The molecule has 0 N–H and O–H groups in total. The summed E-state index contributed by atoms with van der Waals surface area (Å²) in [5.74, 6) is 4.19. The Morgan fingerprint density at radius 3 is 2.10 bits per heavy atom. The van der Waals surface area contributed by atoms with Crippen molar-refractivity contribution in [1.29, 1.82) is 0 Å². The SMILES string of the molecule is CC#CC(C)OC(=O)c1cc([N+](=O)[O-])cc([N+](=O)[O-])c1. The van der Waals surface area contributed by atoms with Crippen LogP contribution in [0.5, 0.6) is 0 Å². The van der Waals surface area contributed by atoms with Gasteiger partial charge in [0.25, 0.3) is 11.4 Å². The summed E-state index contributed by atoms with van der Waals surface area (Å²) in [5, 5.41) is 21.4. The van der Waals surface area contributed by atoms with Gasteiger partial charge in [0.2, 0.25) is 0 Å². The molecule has 0 fully saturated rings. The van der Waals surface area contributed by atoms with Crippen LogP contribution in [0.2, 0.25) is 0 Å². The van der Waals surface area contributed by atoms with E-state index in [1.807, 2.05) is 0 Å². The Kier molecular flexibility index (Phi) is 4.75. The molecule has 104 valence electrons. The van der Waals surface area contributed by atoms with Crippen LogP contribution in [0.25, 0.3) is 0 Å². The Labute approximate surface area is 113 Å². The molecule has 0 aliphatic heterocycles. The Hall–Kier alpha value is -2.95. The van der Waals surface area contributed by atoms with Crippen LogP contribution < -0.4 is 0 Å². The van der Waals surface area contributed by atoms with Crippen LogP contribution in [0.3, 0.4) is 0 Å². The molecule has 1 unspecified atom stereocenters. The second-order valence-corrected chi connectivity index (χ2v) is 3.69. The minimum Gasteiger partial charge on any atom is -0.446 e. The van der Waals surface area contributed by atoms with Crippen LogP contribution in [0, 0.1) is 32.1 Å². The molecule has 1 aromatic rings. The van der Waals surface area contributed by atoms with Gasteiger partial charge < -0.3 is 4.74 Å². The molecule has 8 nitrogen and oxygen atoms in total. The number of esters is 1. The summed E-state index contributed by atoms with van der Waals surface area (Å²) in [5.41, 5.74) is -1.38. The Bertz CT molecular complexity index is 596. The molecule has 0 saturated heterocycles. The summed E-state index contributed by atoms with van der Waals surface area (Å²) in [6.07, 6.45) is -0.717. The fourth-order valence-corrected chi connectivity index (χ4v) is 1.39. The summed E-state index contributed by atoms with van der Waals surface area (Å²) >= 11 is 0. The predicted octanol–water partition coefficient (Wildman–Crippen LogP) is 2.07. The number of benzene rings is 1. The average molecular weight is 278 g/mol. The van der Waals surface area contributed by atoms with Crippen molar-refractivity contribution in [3.8, 4) is 11.8 Å². The summed E-state index contributed by atoms with van der Waals surface area (Å²) in [6, 6.07) is 2.61. The third-order valence-corrected chi connectivity index (χ3v) is 2.19. The molecule has 0 bridgehead atoms. The predicted molar refractivity (Wildman–Crippen MR) is 68.1 cm³/mol. The second-order valence-electron chi connectivity index (χ2n) is 3.69. The molecule has 0 saturated carbocycles. The Morgan fingerprint density at radius 1 is 1.20 bits per heavy atom. The number of hydrogen-bond acceptors (Lipinski definition) is 6. The highest BCUT2D eigenvalue weighted by atomic mass is 16.6. The van der Waals surface area contributed by atoms with Gasteiger partial charge >= 0.3 is 5.97 Å². The van der Waals surface area contributed by atoms with E-state index in [1.54, 1.807) is 6.92 Å². The molecule has 0 heterocycles. The van der Waals surface area contributed by atoms with Crippen LogP contribution in [-0.4, -0.2) is 21.9 Å². The number of ether oxygens (including phenoxy) is 1. The minimum absolute atomic E-state index is 0.268. The fourth-order valence-electron chi connectivity index (χ4n) is 1.39. The van der Waals surface area contributed by atoms with Gasteiger partial charge in [0.1, 0.15) is 0 Å². The molecule has 1 aromatic carbocycles. The van der Waals surface area contributed by atoms with Gasteiger partial charge in [-0.15, -0.1) is 5.92 Å². The third-order valence-electron chi connectivity index (χ3n) is 2.19. The highest BCUT2D eigenvalue weighted by Crippen LogP contribution is 2.23. The van der Waals surface area contributed by atoms with E-state index in [-0.39, 0.29) is 5.56 Å². The van der Waals surface area contributed by atoms with Gasteiger partial charge in [-0.05, 0) is 13.8 Å². The highest BCUT2D eigenvalue weighted by Gasteiger charge is 2.21. The number of hydrogen-bond donors (Lipinski definition) is 0. The van der Waals surface area contributed by atoms with Crippen LogP contribution in [0.4, 0.5) is 11.4 Å².